The van der Waals surface area contributed by atoms with Crippen LogP contribution in [0.1, 0.15) is 48.0 Å². The van der Waals surface area contributed by atoms with Gasteiger partial charge in [-0.2, -0.15) is 0 Å². The first-order chi connectivity index (χ1) is 7.61. The minimum Gasteiger partial charge on any atom is -0.351 e. The van der Waals surface area contributed by atoms with Gasteiger partial charge in [-0.15, -0.1) is 0 Å². The molecule has 2 atom stereocenters. The van der Waals surface area contributed by atoms with Gasteiger partial charge in [0.1, 0.15) is 0 Å². The van der Waals surface area contributed by atoms with E-state index in [4.69, 9.17) is 0 Å². The Morgan fingerprint density at radius 2 is 1.82 bits per heavy atom. The Morgan fingerprint density at radius 3 is 2.24 bits per heavy atom. The third-order valence-electron chi connectivity index (χ3n) is 3.29. The zero-order chi connectivity index (χ0) is 13.3. The van der Waals surface area contributed by atoms with Crippen LogP contribution in [0.3, 0.4) is 0 Å². The van der Waals surface area contributed by atoms with Gasteiger partial charge in [0, 0.05) is 12.1 Å². The lowest BCUT2D eigenvalue weighted by Crippen LogP contribution is -2.49. The van der Waals surface area contributed by atoms with Crippen molar-refractivity contribution in [2.75, 3.05) is 13.1 Å². The van der Waals surface area contributed by atoms with E-state index in [0.717, 1.165) is 19.5 Å². The van der Waals surface area contributed by atoms with Crippen molar-refractivity contribution in [2.24, 2.45) is 17.3 Å². The molecule has 1 rings (SSSR count). The summed E-state index contributed by atoms with van der Waals surface area (Å²) in [5.41, 5.74) is 0.105. The van der Waals surface area contributed by atoms with Gasteiger partial charge in [-0.3, -0.25) is 4.79 Å². The van der Waals surface area contributed by atoms with Crippen LogP contribution < -0.4 is 10.6 Å². The van der Waals surface area contributed by atoms with Crippen LogP contribution >= 0.6 is 0 Å². The molecule has 1 amide bonds. The standard InChI is InChI=1S/C14H28N2O/c1-10-7-15-8-11(10)12(17)16-14(5,6)9-13(2,3)4/h10-11,15H,7-9H2,1-6H3,(H,16,17)/t10-,11-/m1/s1. The summed E-state index contributed by atoms with van der Waals surface area (Å²) >= 11 is 0. The first kappa shape index (κ1) is 14.5. The molecular formula is C14H28N2O. The van der Waals surface area contributed by atoms with Crippen molar-refractivity contribution >= 4 is 5.91 Å². The topological polar surface area (TPSA) is 41.1 Å². The smallest absolute Gasteiger partial charge is 0.225 e. The van der Waals surface area contributed by atoms with Gasteiger partial charge in [-0.1, -0.05) is 27.7 Å². The van der Waals surface area contributed by atoms with Crippen molar-refractivity contribution in [3.8, 4) is 0 Å². The Balaban J connectivity index is 2.55. The number of hydrogen-bond acceptors (Lipinski definition) is 2. The highest BCUT2D eigenvalue weighted by atomic mass is 16.2. The Hall–Kier alpha value is -0.570. The molecule has 100 valence electrons. The molecule has 1 aliphatic heterocycles. The third-order valence-corrected chi connectivity index (χ3v) is 3.29. The number of nitrogens with one attached hydrogen (secondary N) is 2. The van der Waals surface area contributed by atoms with Gasteiger partial charge in [-0.05, 0) is 38.1 Å². The molecular weight excluding hydrogens is 212 g/mol. The van der Waals surface area contributed by atoms with Crippen molar-refractivity contribution in [1.82, 2.24) is 10.6 Å². The molecule has 3 heteroatoms. The molecule has 0 bridgehead atoms. The molecule has 0 aromatic carbocycles. The van der Waals surface area contributed by atoms with Gasteiger partial charge < -0.3 is 10.6 Å². The van der Waals surface area contributed by atoms with Crippen LogP contribution in [0.5, 0.6) is 0 Å². The van der Waals surface area contributed by atoms with Crippen LogP contribution in [-0.4, -0.2) is 24.5 Å². The van der Waals surface area contributed by atoms with E-state index in [2.05, 4.69) is 52.2 Å². The van der Waals surface area contributed by atoms with E-state index in [1.165, 1.54) is 0 Å². The largest absolute Gasteiger partial charge is 0.351 e. The summed E-state index contributed by atoms with van der Waals surface area (Å²) in [4.78, 5) is 12.2. The Labute approximate surface area is 106 Å². The summed E-state index contributed by atoms with van der Waals surface area (Å²) in [6, 6.07) is 0. The van der Waals surface area contributed by atoms with Gasteiger partial charge >= 0.3 is 0 Å². The lowest BCUT2D eigenvalue weighted by atomic mass is 9.81. The SMILES string of the molecule is C[C@@H]1CNC[C@H]1C(=O)NC(C)(C)CC(C)(C)C. The molecule has 1 fully saturated rings. The van der Waals surface area contributed by atoms with Crippen molar-refractivity contribution in [1.29, 1.82) is 0 Å². The highest BCUT2D eigenvalue weighted by molar-refractivity contribution is 5.80. The van der Waals surface area contributed by atoms with Gasteiger partial charge in [-0.25, -0.2) is 0 Å². The quantitative estimate of drug-likeness (QED) is 0.794. The third kappa shape index (κ3) is 4.66. The Morgan fingerprint density at radius 1 is 1.24 bits per heavy atom. The summed E-state index contributed by atoms with van der Waals surface area (Å²) in [5.74, 6) is 0.784. The van der Waals surface area contributed by atoms with E-state index in [0.29, 0.717) is 5.92 Å². The Kier molecular flexibility index (Phi) is 4.23. The van der Waals surface area contributed by atoms with Crippen molar-refractivity contribution in [2.45, 2.75) is 53.5 Å². The minimum atomic E-state index is -0.127. The fourth-order valence-corrected chi connectivity index (χ4v) is 2.96. The molecule has 2 N–H and O–H groups in total. The molecule has 0 unspecified atom stereocenters. The average molecular weight is 240 g/mol. The van der Waals surface area contributed by atoms with Gasteiger partial charge in [0.25, 0.3) is 0 Å². The van der Waals surface area contributed by atoms with Crippen LogP contribution in [-0.2, 0) is 4.79 Å². The normalized spacial score (nSPS) is 26.0. The summed E-state index contributed by atoms with van der Waals surface area (Å²) in [5, 5.41) is 6.48. The maximum Gasteiger partial charge on any atom is 0.225 e. The van der Waals surface area contributed by atoms with Crippen LogP contribution in [0.25, 0.3) is 0 Å². The van der Waals surface area contributed by atoms with Gasteiger partial charge in [0.2, 0.25) is 5.91 Å². The molecule has 0 saturated carbocycles. The van der Waals surface area contributed by atoms with E-state index >= 15 is 0 Å². The highest BCUT2D eigenvalue weighted by Crippen LogP contribution is 2.27. The average Bonchev–Trinajstić information content (AvgIpc) is 2.44. The summed E-state index contributed by atoms with van der Waals surface area (Å²) in [6.07, 6.45) is 0.986. The van der Waals surface area contributed by atoms with E-state index in [-0.39, 0.29) is 22.8 Å². The van der Waals surface area contributed by atoms with Gasteiger partial charge in [0.05, 0.1) is 5.92 Å². The van der Waals surface area contributed by atoms with Crippen LogP contribution in [0.2, 0.25) is 0 Å². The Bertz CT molecular complexity index is 278. The summed E-state index contributed by atoms with van der Waals surface area (Å²) < 4.78 is 0. The monoisotopic (exact) mass is 240 g/mol. The van der Waals surface area contributed by atoms with Crippen molar-refractivity contribution < 1.29 is 4.79 Å². The second-order valence-electron chi connectivity index (χ2n) is 7.35. The lowest BCUT2D eigenvalue weighted by Gasteiger charge is -2.34. The van der Waals surface area contributed by atoms with E-state index in [9.17, 15) is 4.79 Å². The van der Waals surface area contributed by atoms with Crippen molar-refractivity contribution in [3.05, 3.63) is 0 Å². The number of hydrogen-bond donors (Lipinski definition) is 2. The molecule has 0 radical (unpaired) electrons. The molecule has 0 spiro atoms. The number of carbonyl (C=O) groups is 1. The number of carbonyl (C=O) groups excluding carboxylic acids is 1. The highest BCUT2D eigenvalue weighted by Gasteiger charge is 2.34. The molecule has 17 heavy (non-hydrogen) atoms. The van der Waals surface area contributed by atoms with Crippen LogP contribution in [0.4, 0.5) is 0 Å². The maximum absolute atomic E-state index is 12.2. The first-order valence-corrected chi connectivity index (χ1v) is 6.63. The zero-order valence-corrected chi connectivity index (χ0v) is 12.2. The van der Waals surface area contributed by atoms with Crippen LogP contribution in [0.15, 0.2) is 0 Å². The number of amides is 1. The molecule has 3 nitrogen and oxygen atoms in total. The first-order valence-electron chi connectivity index (χ1n) is 6.63. The molecule has 1 aliphatic rings. The molecule has 0 aromatic rings. The minimum absolute atomic E-state index is 0.127. The second-order valence-corrected chi connectivity index (χ2v) is 7.35. The summed E-state index contributed by atoms with van der Waals surface area (Å²) in [6.45, 7) is 14.8. The number of rotatable bonds is 3. The van der Waals surface area contributed by atoms with Gasteiger partial charge in [0.15, 0.2) is 0 Å². The van der Waals surface area contributed by atoms with E-state index in [1.54, 1.807) is 0 Å². The molecule has 0 aliphatic carbocycles. The molecule has 1 saturated heterocycles. The van der Waals surface area contributed by atoms with Crippen LogP contribution in [0, 0.1) is 17.3 Å². The summed E-state index contributed by atoms with van der Waals surface area (Å²) in [7, 11) is 0. The lowest BCUT2D eigenvalue weighted by molar-refractivity contribution is -0.127. The fraction of sp³-hybridized carbons (Fsp3) is 0.929. The van der Waals surface area contributed by atoms with E-state index < -0.39 is 0 Å². The molecule has 1 heterocycles. The molecule has 0 aromatic heterocycles. The predicted molar refractivity (Wildman–Crippen MR) is 71.8 cm³/mol. The van der Waals surface area contributed by atoms with Crippen molar-refractivity contribution in [3.63, 3.8) is 0 Å². The predicted octanol–water partition coefficient (Wildman–Crippen LogP) is 2.17. The zero-order valence-electron chi connectivity index (χ0n) is 12.2. The van der Waals surface area contributed by atoms with E-state index in [1.807, 2.05) is 0 Å². The maximum atomic E-state index is 12.2. The fourth-order valence-electron chi connectivity index (χ4n) is 2.96. The second kappa shape index (κ2) is 4.97.